The van der Waals surface area contributed by atoms with Gasteiger partial charge < -0.3 is 15.3 Å². The zero-order chi connectivity index (χ0) is 11.3. The average Bonchev–Trinajstić information content (AvgIpc) is 3.06. The van der Waals surface area contributed by atoms with Gasteiger partial charge in [-0.1, -0.05) is 6.92 Å². The molecular weight excluding hydrogens is 192 g/mol. The summed E-state index contributed by atoms with van der Waals surface area (Å²) in [5, 5.41) is 12.4. The molecule has 15 heavy (non-hydrogen) atoms. The molecule has 0 radical (unpaired) electrons. The topological polar surface area (TPSA) is 52.6 Å². The van der Waals surface area contributed by atoms with Crippen LogP contribution in [0.2, 0.25) is 0 Å². The summed E-state index contributed by atoms with van der Waals surface area (Å²) in [5.74, 6) is 0.156. The summed E-state index contributed by atoms with van der Waals surface area (Å²) >= 11 is 0. The molecular formula is C11H22N2O2. The monoisotopic (exact) mass is 214 g/mol. The normalized spacial score (nSPS) is 17.5. The van der Waals surface area contributed by atoms with E-state index in [2.05, 4.69) is 5.32 Å². The summed E-state index contributed by atoms with van der Waals surface area (Å²) in [5.41, 5.74) is 0. The number of hydrogen-bond acceptors (Lipinski definition) is 3. The zero-order valence-corrected chi connectivity index (χ0v) is 9.70. The van der Waals surface area contributed by atoms with E-state index in [0.29, 0.717) is 19.1 Å². The van der Waals surface area contributed by atoms with Crippen molar-refractivity contribution in [1.82, 2.24) is 10.2 Å². The largest absolute Gasteiger partial charge is 0.393 e. The Bertz CT molecular complexity index is 205. The predicted molar refractivity (Wildman–Crippen MR) is 59.6 cm³/mol. The van der Waals surface area contributed by atoms with Gasteiger partial charge in [-0.15, -0.1) is 0 Å². The highest BCUT2D eigenvalue weighted by Gasteiger charge is 2.28. The highest BCUT2D eigenvalue weighted by Crippen LogP contribution is 2.24. The Hall–Kier alpha value is -0.610. The molecule has 1 amide bonds. The standard InChI is InChI=1S/C11H22N2O2/c1-3-10(14)6-7-12-8-11(15)13(2)9-4-5-9/h9-10,12,14H,3-8H2,1-2H3. The Balaban J connectivity index is 2.01. The first kappa shape index (κ1) is 12.5. The molecule has 0 saturated heterocycles. The summed E-state index contributed by atoms with van der Waals surface area (Å²) in [6, 6.07) is 0.487. The van der Waals surface area contributed by atoms with Gasteiger partial charge in [0.25, 0.3) is 0 Å². The Morgan fingerprint density at radius 1 is 1.60 bits per heavy atom. The van der Waals surface area contributed by atoms with Crippen LogP contribution in [-0.4, -0.2) is 48.2 Å². The van der Waals surface area contributed by atoms with Crippen molar-refractivity contribution in [3.63, 3.8) is 0 Å². The number of amides is 1. The zero-order valence-electron chi connectivity index (χ0n) is 9.70. The smallest absolute Gasteiger partial charge is 0.236 e. The van der Waals surface area contributed by atoms with Crippen molar-refractivity contribution in [1.29, 1.82) is 0 Å². The second-order valence-electron chi connectivity index (χ2n) is 4.26. The maximum atomic E-state index is 11.5. The van der Waals surface area contributed by atoms with Crippen molar-refractivity contribution in [3.8, 4) is 0 Å². The Morgan fingerprint density at radius 3 is 2.80 bits per heavy atom. The summed E-state index contributed by atoms with van der Waals surface area (Å²) in [7, 11) is 1.86. The SMILES string of the molecule is CCC(O)CCNCC(=O)N(C)C1CC1. The van der Waals surface area contributed by atoms with Crippen LogP contribution in [-0.2, 0) is 4.79 Å². The van der Waals surface area contributed by atoms with E-state index in [9.17, 15) is 9.90 Å². The van der Waals surface area contributed by atoms with Crippen molar-refractivity contribution in [2.75, 3.05) is 20.1 Å². The molecule has 0 spiro atoms. The Morgan fingerprint density at radius 2 is 2.27 bits per heavy atom. The molecule has 0 heterocycles. The predicted octanol–water partition coefficient (Wildman–Crippen LogP) is 0.358. The van der Waals surface area contributed by atoms with Crippen LogP contribution < -0.4 is 5.32 Å². The van der Waals surface area contributed by atoms with Gasteiger partial charge in [-0.05, 0) is 32.2 Å². The fourth-order valence-electron chi connectivity index (χ4n) is 1.46. The van der Waals surface area contributed by atoms with Crippen molar-refractivity contribution in [3.05, 3.63) is 0 Å². The molecule has 0 aromatic heterocycles. The van der Waals surface area contributed by atoms with Gasteiger partial charge in [-0.2, -0.15) is 0 Å². The summed E-state index contributed by atoms with van der Waals surface area (Å²) in [6.45, 7) is 3.05. The lowest BCUT2D eigenvalue weighted by Crippen LogP contribution is -2.37. The number of carbonyl (C=O) groups excluding carboxylic acids is 1. The number of hydrogen-bond donors (Lipinski definition) is 2. The maximum absolute atomic E-state index is 11.5. The number of aliphatic hydroxyl groups is 1. The van der Waals surface area contributed by atoms with Gasteiger partial charge in [0, 0.05) is 13.1 Å². The highest BCUT2D eigenvalue weighted by molar-refractivity contribution is 5.78. The van der Waals surface area contributed by atoms with Gasteiger partial charge in [0.05, 0.1) is 12.6 Å². The first-order valence-electron chi connectivity index (χ1n) is 5.79. The molecule has 4 nitrogen and oxygen atoms in total. The van der Waals surface area contributed by atoms with E-state index >= 15 is 0 Å². The molecule has 1 saturated carbocycles. The van der Waals surface area contributed by atoms with Crippen LogP contribution in [0.3, 0.4) is 0 Å². The molecule has 1 unspecified atom stereocenters. The minimum absolute atomic E-state index is 0.156. The number of likely N-dealkylation sites (N-methyl/N-ethyl adjacent to an activating group) is 1. The third kappa shape index (κ3) is 4.62. The van der Waals surface area contributed by atoms with Crippen molar-refractivity contribution >= 4 is 5.91 Å². The van der Waals surface area contributed by atoms with Crippen LogP contribution in [0.15, 0.2) is 0 Å². The molecule has 1 aliphatic rings. The first-order valence-corrected chi connectivity index (χ1v) is 5.79. The summed E-state index contributed by atoms with van der Waals surface area (Å²) in [4.78, 5) is 13.4. The van der Waals surface area contributed by atoms with Crippen LogP contribution in [0.5, 0.6) is 0 Å². The molecule has 0 bridgehead atoms. The van der Waals surface area contributed by atoms with Gasteiger partial charge in [0.2, 0.25) is 5.91 Å². The van der Waals surface area contributed by atoms with Crippen molar-refractivity contribution in [2.24, 2.45) is 0 Å². The molecule has 0 aromatic carbocycles. The van der Waals surface area contributed by atoms with Crippen LogP contribution in [0.25, 0.3) is 0 Å². The van der Waals surface area contributed by atoms with Crippen molar-refractivity contribution in [2.45, 2.75) is 44.8 Å². The molecule has 0 aliphatic heterocycles. The molecule has 1 aliphatic carbocycles. The molecule has 88 valence electrons. The fourth-order valence-corrected chi connectivity index (χ4v) is 1.46. The fraction of sp³-hybridized carbons (Fsp3) is 0.909. The summed E-state index contributed by atoms with van der Waals surface area (Å²) < 4.78 is 0. The number of nitrogens with zero attached hydrogens (tertiary/aromatic N) is 1. The van der Waals surface area contributed by atoms with Crippen LogP contribution in [0.4, 0.5) is 0 Å². The number of rotatable bonds is 7. The van der Waals surface area contributed by atoms with Gasteiger partial charge in [-0.25, -0.2) is 0 Å². The lowest BCUT2D eigenvalue weighted by Gasteiger charge is -2.16. The molecule has 1 rings (SSSR count). The highest BCUT2D eigenvalue weighted by atomic mass is 16.3. The van der Waals surface area contributed by atoms with Gasteiger partial charge in [0.1, 0.15) is 0 Å². The maximum Gasteiger partial charge on any atom is 0.236 e. The molecule has 1 atom stereocenters. The van der Waals surface area contributed by atoms with E-state index in [4.69, 9.17) is 0 Å². The average molecular weight is 214 g/mol. The van der Waals surface area contributed by atoms with Crippen LogP contribution in [0, 0.1) is 0 Å². The number of carbonyl (C=O) groups is 1. The lowest BCUT2D eigenvalue weighted by molar-refractivity contribution is -0.129. The minimum atomic E-state index is -0.242. The van der Waals surface area contributed by atoms with Crippen LogP contribution in [0.1, 0.15) is 32.6 Å². The Kier molecular flexibility index (Phi) is 5.05. The lowest BCUT2D eigenvalue weighted by atomic mass is 10.2. The van der Waals surface area contributed by atoms with E-state index in [0.717, 1.165) is 25.7 Å². The Labute approximate surface area is 91.6 Å². The second-order valence-corrected chi connectivity index (χ2v) is 4.26. The quantitative estimate of drug-likeness (QED) is 0.602. The number of nitrogens with one attached hydrogen (secondary N) is 1. The van der Waals surface area contributed by atoms with Gasteiger partial charge >= 0.3 is 0 Å². The molecule has 4 heteroatoms. The second kappa shape index (κ2) is 6.08. The van der Waals surface area contributed by atoms with Crippen LogP contribution >= 0.6 is 0 Å². The third-order valence-corrected chi connectivity index (χ3v) is 2.89. The van der Waals surface area contributed by atoms with Gasteiger partial charge in [0.15, 0.2) is 0 Å². The molecule has 0 aromatic rings. The van der Waals surface area contributed by atoms with E-state index in [1.54, 1.807) is 0 Å². The van der Waals surface area contributed by atoms with E-state index in [1.807, 2.05) is 18.9 Å². The van der Waals surface area contributed by atoms with E-state index in [1.165, 1.54) is 0 Å². The van der Waals surface area contributed by atoms with Crippen molar-refractivity contribution < 1.29 is 9.90 Å². The van der Waals surface area contributed by atoms with E-state index < -0.39 is 0 Å². The van der Waals surface area contributed by atoms with E-state index in [-0.39, 0.29) is 12.0 Å². The summed E-state index contributed by atoms with van der Waals surface area (Å²) in [6.07, 6.45) is 3.55. The number of aliphatic hydroxyl groups excluding tert-OH is 1. The minimum Gasteiger partial charge on any atom is -0.393 e. The first-order chi connectivity index (χ1) is 7.15. The molecule has 2 N–H and O–H groups in total. The van der Waals surface area contributed by atoms with Gasteiger partial charge in [-0.3, -0.25) is 4.79 Å². The molecule has 1 fully saturated rings. The third-order valence-electron chi connectivity index (χ3n) is 2.89.